The Labute approximate surface area is 161 Å². The second-order valence-electron chi connectivity index (χ2n) is 6.50. The van der Waals surface area contributed by atoms with Gasteiger partial charge >= 0.3 is 6.03 Å². The van der Waals surface area contributed by atoms with Crippen LogP contribution in [0, 0.1) is 5.82 Å². The quantitative estimate of drug-likeness (QED) is 0.747. The number of amides is 2. The molecule has 2 aromatic carbocycles. The average Bonchev–Trinajstić information content (AvgIpc) is 3.22. The van der Waals surface area contributed by atoms with Crippen molar-refractivity contribution in [2.75, 3.05) is 19.7 Å². The average molecular weight is 381 g/mol. The molecule has 0 radical (unpaired) electrons. The molecule has 1 fully saturated rings. The highest BCUT2D eigenvalue weighted by Crippen LogP contribution is 2.23. The predicted octanol–water partition coefficient (Wildman–Crippen LogP) is 3.76. The first-order valence-corrected chi connectivity index (χ1v) is 9.09. The van der Waals surface area contributed by atoms with Crippen LogP contribution in [0.3, 0.4) is 0 Å². The number of aromatic nitrogens is 1. The number of nitrogens with zero attached hydrogens (tertiary/aromatic N) is 2. The van der Waals surface area contributed by atoms with E-state index in [-0.39, 0.29) is 24.5 Å². The maximum absolute atomic E-state index is 13.1. The molecular formula is C21H20FN3O3. The van der Waals surface area contributed by atoms with Crippen LogP contribution in [0.5, 0.6) is 0 Å². The van der Waals surface area contributed by atoms with Crippen molar-refractivity contribution in [3.8, 4) is 11.3 Å². The SMILES string of the molecule is O=C(NCc1ncc(-c2ccccc2)o1)N1CCOC(c2ccc(F)cc2)C1. The fourth-order valence-corrected chi connectivity index (χ4v) is 3.10. The number of morpholine rings is 1. The summed E-state index contributed by atoms with van der Waals surface area (Å²) in [6.07, 6.45) is 1.38. The van der Waals surface area contributed by atoms with Crippen molar-refractivity contribution in [1.29, 1.82) is 0 Å². The van der Waals surface area contributed by atoms with Gasteiger partial charge in [0.2, 0.25) is 5.89 Å². The van der Waals surface area contributed by atoms with E-state index in [2.05, 4.69) is 10.3 Å². The zero-order valence-electron chi connectivity index (χ0n) is 15.2. The number of halogens is 1. The van der Waals surface area contributed by atoms with E-state index >= 15 is 0 Å². The van der Waals surface area contributed by atoms with Crippen molar-refractivity contribution in [2.24, 2.45) is 0 Å². The van der Waals surface area contributed by atoms with Gasteiger partial charge in [0.05, 0.1) is 25.9 Å². The third-order valence-electron chi connectivity index (χ3n) is 4.60. The van der Waals surface area contributed by atoms with Gasteiger partial charge in [-0.1, -0.05) is 42.5 Å². The lowest BCUT2D eigenvalue weighted by Crippen LogP contribution is -2.47. The summed E-state index contributed by atoms with van der Waals surface area (Å²) in [7, 11) is 0. The van der Waals surface area contributed by atoms with Gasteiger partial charge in [0.15, 0.2) is 5.76 Å². The van der Waals surface area contributed by atoms with Crippen LogP contribution >= 0.6 is 0 Å². The number of carbonyl (C=O) groups is 1. The molecule has 0 bridgehead atoms. The molecule has 0 aliphatic carbocycles. The lowest BCUT2D eigenvalue weighted by molar-refractivity contribution is -0.0155. The number of hydrogen-bond acceptors (Lipinski definition) is 4. The molecule has 3 aromatic rings. The van der Waals surface area contributed by atoms with Gasteiger partial charge in [0, 0.05) is 12.1 Å². The number of oxazole rings is 1. The summed E-state index contributed by atoms with van der Waals surface area (Å²) in [5, 5.41) is 2.83. The first-order valence-electron chi connectivity index (χ1n) is 9.09. The van der Waals surface area contributed by atoms with Gasteiger partial charge in [-0.05, 0) is 17.7 Å². The van der Waals surface area contributed by atoms with E-state index in [0.29, 0.717) is 31.3 Å². The molecule has 2 amide bonds. The third-order valence-corrected chi connectivity index (χ3v) is 4.60. The Morgan fingerprint density at radius 2 is 1.96 bits per heavy atom. The summed E-state index contributed by atoms with van der Waals surface area (Å²) in [5.74, 6) is 0.804. The second kappa shape index (κ2) is 8.22. The summed E-state index contributed by atoms with van der Waals surface area (Å²) in [4.78, 5) is 18.4. The van der Waals surface area contributed by atoms with Gasteiger partial charge in [-0.25, -0.2) is 14.2 Å². The van der Waals surface area contributed by atoms with Crippen molar-refractivity contribution in [3.05, 3.63) is 78.1 Å². The van der Waals surface area contributed by atoms with Crippen LogP contribution in [-0.2, 0) is 11.3 Å². The Morgan fingerprint density at radius 3 is 2.75 bits per heavy atom. The summed E-state index contributed by atoms with van der Waals surface area (Å²) in [6, 6.07) is 15.6. The molecule has 7 heteroatoms. The number of nitrogens with one attached hydrogen (secondary N) is 1. The molecule has 1 aromatic heterocycles. The molecule has 6 nitrogen and oxygen atoms in total. The van der Waals surface area contributed by atoms with Crippen molar-refractivity contribution in [3.63, 3.8) is 0 Å². The third kappa shape index (κ3) is 4.20. The second-order valence-corrected chi connectivity index (χ2v) is 6.50. The van der Waals surface area contributed by atoms with Crippen LogP contribution in [0.15, 0.2) is 65.2 Å². The number of ether oxygens (including phenoxy) is 1. The van der Waals surface area contributed by atoms with Crippen molar-refractivity contribution in [1.82, 2.24) is 15.2 Å². The summed E-state index contributed by atoms with van der Waals surface area (Å²) in [6.45, 7) is 1.51. The van der Waals surface area contributed by atoms with Crippen LogP contribution in [0.4, 0.5) is 9.18 Å². The maximum Gasteiger partial charge on any atom is 0.318 e. The lowest BCUT2D eigenvalue weighted by atomic mass is 10.1. The highest BCUT2D eigenvalue weighted by Gasteiger charge is 2.25. The predicted molar refractivity (Wildman–Crippen MR) is 101 cm³/mol. The zero-order chi connectivity index (χ0) is 19.3. The van der Waals surface area contributed by atoms with Crippen LogP contribution in [-0.4, -0.2) is 35.6 Å². The Bertz CT molecular complexity index is 928. The van der Waals surface area contributed by atoms with E-state index in [9.17, 15) is 9.18 Å². The van der Waals surface area contributed by atoms with Crippen molar-refractivity contribution < 1.29 is 18.3 Å². The van der Waals surface area contributed by atoms with E-state index in [1.807, 2.05) is 30.3 Å². The standard InChI is InChI=1S/C21H20FN3O3/c22-17-8-6-16(7-9-17)19-14-25(10-11-27-19)21(26)24-13-20-23-12-18(28-20)15-4-2-1-3-5-15/h1-9,12,19H,10-11,13-14H2,(H,24,26). The molecule has 0 saturated carbocycles. The van der Waals surface area contributed by atoms with Gasteiger partial charge in [-0.15, -0.1) is 0 Å². The topological polar surface area (TPSA) is 67.6 Å². The van der Waals surface area contributed by atoms with Crippen molar-refractivity contribution in [2.45, 2.75) is 12.6 Å². The molecule has 2 heterocycles. The smallest absolute Gasteiger partial charge is 0.318 e. The molecule has 1 saturated heterocycles. The Balaban J connectivity index is 1.33. The van der Waals surface area contributed by atoms with Crippen molar-refractivity contribution >= 4 is 6.03 Å². The van der Waals surface area contributed by atoms with Gasteiger partial charge in [-0.2, -0.15) is 0 Å². The Morgan fingerprint density at radius 1 is 1.18 bits per heavy atom. The Hall–Kier alpha value is -3.19. The summed E-state index contributed by atoms with van der Waals surface area (Å²) in [5.41, 5.74) is 1.78. The highest BCUT2D eigenvalue weighted by atomic mass is 19.1. The minimum Gasteiger partial charge on any atom is -0.439 e. The molecule has 0 spiro atoms. The zero-order valence-corrected chi connectivity index (χ0v) is 15.2. The number of urea groups is 1. The molecule has 28 heavy (non-hydrogen) atoms. The molecule has 1 N–H and O–H groups in total. The number of benzene rings is 2. The maximum atomic E-state index is 13.1. The van der Waals surface area contributed by atoms with E-state index in [1.54, 1.807) is 23.2 Å². The molecule has 1 aliphatic heterocycles. The highest BCUT2D eigenvalue weighted by molar-refractivity contribution is 5.74. The first-order chi connectivity index (χ1) is 13.7. The number of rotatable bonds is 4. The van der Waals surface area contributed by atoms with Crippen LogP contribution in [0.1, 0.15) is 17.6 Å². The lowest BCUT2D eigenvalue weighted by Gasteiger charge is -2.33. The minimum atomic E-state index is -0.296. The summed E-state index contributed by atoms with van der Waals surface area (Å²) < 4.78 is 24.5. The Kier molecular flexibility index (Phi) is 5.34. The van der Waals surface area contributed by atoms with E-state index in [4.69, 9.17) is 9.15 Å². The fourth-order valence-electron chi connectivity index (χ4n) is 3.10. The minimum absolute atomic E-state index is 0.199. The monoisotopic (exact) mass is 381 g/mol. The first kappa shape index (κ1) is 18.2. The summed E-state index contributed by atoms with van der Waals surface area (Å²) >= 11 is 0. The van der Waals surface area contributed by atoms with E-state index < -0.39 is 0 Å². The van der Waals surface area contributed by atoms with E-state index in [0.717, 1.165) is 11.1 Å². The molecule has 1 aliphatic rings. The van der Waals surface area contributed by atoms with Crippen LogP contribution in [0.25, 0.3) is 11.3 Å². The van der Waals surface area contributed by atoms with Crippen LogP contribution < -0.4 is 5.32 Å². The van der Waals surface area contributed by atoms with Gasteiger partial charge in [0.25, 0.3) is 0 Å². The number of hydrogen-bond donors (Lipinski definition) is 1. The molecule has 4 rings (SSSR count). The van der Waals surface area contributed by atoms with Gasteiger partial charge in [0.1, 0.15) is 11.9 Å². The molecular weight excluding hydrogens is 361 g/mol. The largest absolute Gasteiger partial charge is 0.439 e. The fraction of sp³-hybridized carbons (Fsp3) is 0.238. The van der Waals surface area contributed by atoms with Crippen LogP contribution in [0.2, 0.25) is 0 Å². The van der Waals surface area contributed by atoms with E-state index in [1.165, 1.54) is 12.1 Å². The van der Waals surface area contributed by atoms with Gasteiger partial charge < -0.3 is 19.4 Å². The normalized spacial score (nSPS) is 16.8. The number of carbonyl (C=O) groups excluding carboxylic acids is 1. The molecule has 1 atom stereocenters. The van der Waals surface area contributed by atoms with Gasteiger partial charge in [-0.3, -0.25) is 0 Å². The molecule has 1 unspecified atom stereocenters. The molecule has 144 valence electrons.